The molecule has 0 aromatic heterocycles. The summed E-state index contributed by atoms with van der Waals surface area (Å²) in [6.07, 6.45) is 3.08. The fraction of sp³-hybridized carbons (Fsp3) is 0.579. The van der Waals surface area contributed by atoms with E-state index in [9.17, 15) is 9.59 Å². The van der Waals surface area contributed by atoms with Gasteiger partial charge in [0.1, 0.15) is 0 Å². The van der Waals surface area contributed by atoms with Crippen LogP contribution in [0.3, 0.4) is 0 Å². The summed E-state index contributed by atoms with van der Waals surface area (Å²) in [4.78, 5) is 24.6. The molecule has 0 unspecified atom stereocenters. The maximum atomic E-state index is 12.5. The molecule has 132 valence electrons. The fourth-order valence-corrected chi connectivity index (χ4v) is 3.30. The van der Waals surface area contributed by atoms with Crippen LogP contribution in [0.4, 0.5) is 5.69 Å². The van der Waals surface area contributed by atoms with E-state index in [0.717, 1.165) is 43.5 Å². The van der Waals surface area contributed by atoms with Crippen molar-refractivity contribution in [1.82, 2.24) is 5.32 Å². The predicted octanol–water partition coefficient (Wildman–Crippen LogP) is 4.17. The Morgan fingerprint density at radius 3 is 2.25 bits per heavy atom. The quantitative estimate of drug-likeness (QED) is 0.837. The van der Waals surface area contributed by atoms with Crippen molar-refractivity contribution in [2.24, 2.45) is 17.8 Å². The summed E-state index contributed by atoms with van der Waals surface area (Å²) < 4.78 is 0. The predicted molar refractivity (Wildman–Crippen MR) is 98.1 cm³/mol. The lowest BCUT2D eigenvalue weighted by Crippen LogP contribution is -2.37. The number of rotatable bonds is 5. The first-order valence-electron chi connectivity index (χ1n) is 8.71. The first kappa shape index (κ1) is 18.8. The zero-order valence-corrected chi connectivity index (χ0v) is 15.5. The number of hydrogen-bond donors (Lipinski definition) is 2. The molecular formula is C19H27ClN2O2. The molecule has 4 nitrogen and oxygen atoms in total. The number of amides is 2. The third kappa shape index (κ3) is 5.23. The van der Waals surface area contributed by atoms with Crippen molar-refractivity contribution in [2.75, 3.05) is 11.9 Å². The van der Waals surface area contributed by atoms with E-state index < -0.39 is 0 Å². The Bertz CT molecular complexity index is 593. The average Bonchev–Trinajstić information content (AvgIpc) is 2.55. The third-order valence-electron chi connectivity index (χ3n) is 4.60. The zero-order chi connectivity index (χ0) is 17.7. The summed E-state index contributed by atoms with van der Waals surface area (Å²) >= 11 is 5.94. The first-order valence-corrected chi connectivity index (χ1v) is 9.09. The van der Waals surface area contributed by atoms with Gasteiger partial charge >= 0.3 is 0 Å². The van der Waals surface area contributed by atoms with Gasteiger partial charge < -0.3 is 10.6 Å². The lowest BCUT2D eigenvalue weighted by Gasteiger charge is -2.27. The molecule has 2 rings (SSSR count). The normalized spacial score (nSPS) is 20.7. The minimum absolute atomic E-state index is 0.0192. The van der Waals surface area contributed by atoms with Gasteiger partial charge in [-0.15, -0.1) is 0 Å². The molecule has 1 aromatic carbocycles. The Hall–Kier alpha value is -1.55. The van der Waals surface area contributed by atoms with Crippen molar-refractivity contribution >= 4 is 29.1 Å². The molecule has 2 amide bonds. The van der Waals surface area contributed by atoms with Crippen molar-refractivity contribution < 1.29 is 9.59 Å². The van der Waals surface area contributed by atoms with Gasteiger partial charge in [-0.25, -0.2) is 0 Å². The largest absolute Gasteiger partial charge is 0.356 e. The Balaban J connectivity index is 1.83. The molecule has 2 N–H and O–H groups in total. The van der Waals surface area contributed by atoms with Crippen LogP contribution < -0.4 is 10.6 Å². The molecule has 24 heavy (non-hydrogen) atoms. The van der Waals surface area contributed by atoms with E-state index in [0.29, 0.717) is 10.9 Å². The molecule has 1 aliphatic carbocycles. The van der Waals surface area contributed by atoms with E-state index in [4.69, 9.17) is 11.6 Å². The molecule has 5 heteroatoms. The number of nitrogens with one attached hydrogen (secondary N) is 2. The van der Waals surface area contributed by atoms with Crippen LogP contribution in [0.1, 0.15) is 45.1 Å². The number of carbonyl (C=O) groups is 2. The lowest BCUT2D eigenvalue weighted by molar-refractivity contribution is -0.128. The van der Waals surface area contributed by atoms with Crippen molar-refractivity contribution in [1.29, 1.82) is 0 Å². The van der Waals surface area contributed by atoms with E-state index in [1.807, 2.05) is 19.1 Å². The smallest absolute Gasteiger partial charge is 0.227 e. The van der Waals surface area contributed by atoms with Gasteiger partial charge in [-0.05, 0) is 62.3 Å². The lowest BCUT2D eigenvalue weighted by atomic mass is 9.81. The monoisotopic (exact) mass is 350 g/mol. The van der Waals surface area contributed by atoms with E-state index >= 15 is 0 Å². The zero-order valence-electron chi connectivity index (χ0n) is 14.7. The van der Waals surface area contributed by atoms with Gasteiger partial charge in [-0.3, -0.25) is 9.59 Å². The van der Waals surface area contributed by atoms with Crippen LogP contribution in [0.2, 0.25) is 5.02 Å². The average molecular weight is 351 g/mol. The van der Waals surface area contributed by atoms with Crippen LogP contribution in [0.5, 0.6) is 0 Å². The molecule has 0 radical (unpaired) electrons. The van der Waals surface area contributed by atoms with Gasteiger partial charge in [0.05, 0.1) is 0 Å². The second-order valence-corrected chi connectivity index (χ2v) is 7.57. The van der Waals surface area contributed by atoms with E-state index in [2.05, 4.69) is 24.5 Å². The number of benzene rings is 1. The summed E-state index contributed by atoms with van der Waals surface area (Å²) in [5.74, 6) is 0.663. The van der Waals surface area contributed by atoms with Gasteiger partial charge in [0.25, 0.3) is 0 Å². The summed E-state index contributed by atoms with van der Waals surface area (Å²) in [7, 11) is 0. The second-order valence-electron chi connectivity index (χ2n) is 7.14. The standard InChI is InChI=1S/C19H27ClN2O2/c1-12(2)11-21-18(23)14-4-6-15(7-5-14)19(24)22-17-9-8-16(20)10-13(17)3/h8-10,12,14-15H,4-7,11H2,1-3H3,(H,21,23)(H,22,24). The van der Waals surface area contributed by atoms with Gasteiger partial charge in [0.15, 0.2) is 0 Å². The molecule has 0 atom stereocenters. The van der Waals surface area contributed by atoms with Crippen molar-refractivity contribution in [3.8, 4) is 0 Å². The molecule has 0 bridgehead atoms. The highest BCUT2D eigenvalue weighted by atomic mass is 35.5. The Labute approximate surface area is 149 Å². The van der Waals surface area contributed by atoms with Crippen molar-refractivity contribution in [3.05, 3.63) is 28.8 Å². The van der Waals surface area contributed by atoms with Crippen LogP contribution >= 0.6 is 11.6 Å². The van der Waals surface area contributed by atoms with E-state index in [1.54, 1.807) is 6.07 Å². The molecule has 0 saturated heterocycles. The third-order valence-corrected chi connectivity index (χ3v) is 4.83. The second kappa shape index (κ2) is 8.52. The number of carbonyl (C=O) groups excluding carboxylic acids is 2. The Morgan fingerprint density at radius 2 is 1.71 bits per heavy atom. The summed E-state index contributed by atoms with van der Waals surface area (Å²) in [6.45, 7) is 6.81. The SMILES string of the molecule is Cc1cc(Cl)ccc1NC(=O)C1CCC(C(=O)NCC(C)C)CC1. The highest BCUT2D eigenvalue weighted by molar-refractivity contribution is 6.30. The highest BCUT2D eigenvalue weighted by Gasteiger charge is 2.30. The van der Waals surface area contributed by atoms with E-state index in [1.165, 1.54) is 0 Å². The summed E-state index contributed by atoms with van der Waals surface area (Å²) in [5.41, 5.74) is 1.76. The number of aryl methyl sites for hydroxylation is 1. The van der Waals surface area contributed by atoms with Crippen LogP contribution in [-0.4, -0.2) is 18.4 Å². The number of halogens is 1. The molecule has 1 fully saturated rings. The maximum absolute atomic E-state index is 12.5. The van der Waals surface area contributed by atoms with Crippen LogP contribution in [0.25, 0.3) is 0 Å². The minimum Gasteiger partial charge on any atom is -0.356 e. The fourth-order valence-electron chi connectivity index (χ4n) is 3.07. The number of anilines is 1. The molecule has 0 heterocycles. The van der Waals surface area contributed by atoms with E-state index in [-0.39, 0.29) is 23.7 Å². The van der Waals surface area contributed by atoms with Gasteiger partial charge in [-0.2, -0.15) is 0 Å². The summed E-state index contributed by atoms with van der Waals surface area (Å²) in [6, 6.07) is 5.45. The van der Waals surface area contributed by atoms with Crippen LogP contribution in [-0.2, 0) is 9.59 Å². The molecule has 0 spiro atoms. The van der Waals surface area contributed by atoms with Crippen LogP contribution in [0, 0.1) is 24.7 Å². The topological polar surface area (TPSA) is 58.2 Å². The van der Waals surface area contributed by atoms with Crippen molar-refractivity contribution in [2.45, 2.75) is 46.5 Å². The Morgan fingerprint density at radius 1 is 1.12 bits per heavy atom. The van der Waals surface area contributed by atoms with Gasteiger partial charge in [-0.1, -0.05) is 25.4 Å². The maximum Gasteiger partial charge on any atom is 0.227 e. The first-order chi connectivity index (χ1) is 11.4. The molecule has 1 saturated carbocycles. The van der Waals surface area contributed by atoms with Gasteiger partial charge in [0, 0.05) is 29.1 Å². The van der Waals surface area contributed by atoms with Crippen LogP contribution in [0.15, 0.2) is 18.2 Å². The minimum atomic E-state index is -0.0192. The molecule has 1 aromatic rings. The molecular weight excluding hydrogens is 324 g/mol. The van der Waals surface area contributed by atoms with Gasteiger partial charge in [0.2, 0.25) is 11.8 Å². The van der Waals surface area contributed by atoms with Crippen molar-refractivity contribution in [3.63, 3.8) is 0 Å². The molecule has 0 aliphatic heterocycles. The molecule has 1 aliphatic rings. The highest BCUT2D eigenvalue weighted by Crippen LogP contribution is 2.30. The Kier molecular flexibility index (Phi) is 6.67. The number of hydrogen-bond acceptors (Lipinski definition) is 2. The summed E-state index contributed by atoms with van der Waals surface area (Å²) in [5, 5.41) is 6.65.